The van der Waals surface area contributed by atoms with Crippen LogP contribution < -0.4 is 26.1 Å². The SMILES string of the molecule is N=C(N)c1ccc(Oc2ccc(-c3ccc4ccccc4c3S(N)(=O)=O)c(Oc3ccc(C(=N)N)cc3)c2)cc1. The number of hydrogen-bond acceptors (Lipinski definition) is 6. The van der Waals surface area contributed by atoms with Gasteiger partial charge in [-0.25, -0.2) is 13.6 Å². The number of nitrogen functional groups attached to an aromatic ring is 2. The van der Waals surface area contributed by atoms with E-state index in [1.165, 1.54) is 0 Å². The predicted octanol–water partition coefficient (Wildman–Crippen LogP) is 5.31. The third-order valence-corrected chi connectivity index (χ3v) is 7.21. The van der Waals surface area contributed by atoms with Gasteiger partial charge in [0.05, 0.1) is 4.90 Å². The maximum Gasteiger partial charge on any atom is 0.239 e. The summed E-state index contributed by atoms with van der Waals surface area (Å²) in [5, 5.41) is 22.1. The van der Waals surface area contributed by atoms with Crippen LogP contribution in [-0.4, -0.2) is 20.1 Å². The first-order valence-corrected chi connectivity index (χ1v) is 13.6. The van der Waals surface area contributed by atoms with Crippen LogP contribution >= 0.6 is 0 Å². The van der Waals surface area contributed by atoms with Crippen LogP contribution in [0.4, 0.5) is 0 Å². The highest BCUT2D eigenvalue weighted by atomic mass is 32.2. The Hall–Kier alpha value is -5.19. The van der Waals surface area contributed by atoms with Crippen molar-refractivity contribution in [3.05, 3.63) is 114 Å². The first-order chi connectivity index (χ1) is 19.1. The third kappa shape index (κ3) is 5.48. The Morgan fingerprint density at radius 3 is 1.73 bits per heavy atom. The van der Waals surface area contributed by atoms with Crippen molar-refractivity contribution in [1.82, 2.24) is 0 Å². The first kappa shape index (κ1) is 26.4. The quantitative estimate of drug-likeness (QED) is 0.129. The van der Waals surface area contributed by atoms with Crippen molar-refractivity contribution in [3.63, 3.8) is 0 Å². The maximum atomic E-state index is 12.9. The van der Waals surface area contributed by atoms with Gasteiger partial charge in [0.1, 0.15) is 34.7 Å². The molecule has 0 heterocycles. The van der Waals surface area contributed by atoms with Gasteiger partial charge in [0, 0.05) is 33.7 Å². The molecule has 200 valence electrons. The number of benzene rings is 5. The highest BCUT2D eigenvalue weighted by molar-refractivity contribution is 7.89. The lowest BCUT2D eigenvalue weighted by molar-refractivity contribution is 0.461. The summed E-state index contributed by atoms with van der Waals surface area (Å²) in [6.45, 7) is 0. The molecule has 0 spiro atoms. The van der Waals surface area contributed by atoms with Gasteiger partial charge in [-0.05, 0) is 66.0 Å². The van der Waals surface area contributed by atoms with E-state index in [0.717, 1.165) is 5.39 Å². The summed E-state index contributed by atoms with van der Waals surface area (Å²) < 4.78 is 38.0. The number of sulfonamides is 1. The molecular weight excluding hydrogens is 526 g/mol. The van der Waals surface area contributed by atoms with Crippen molar-refractivity contribution in [3.8, 4) is 34.1 Å². The van der Waals surface area contributed by atoms with E-state index < -0.39 is 10.0 Å². The fraction of sp³-hybridized carbons (Fsp3) is 0. The lowest BCUT2D eigenvalue weighted by Crippen LogP contribution is -2.14. The van der Waals surface area contributed by atoms with Gasteiger partial charge >= 0.3 is 0 Å². The average Bonchev–Trinajstić information content (AvgIpc) is 2.92. The molecule has 10 heteroatoms. The summed E-state index contributed by atoms with van der Waals surface area (Å²) in [5.74, 6) is 1.55. The fourth-order valence-corrected chi connectivity index (χ4v) is 5.28. The van der Waals surface area contributed by atoms with Crippen LogP contribution in [0.15, 0.2) is 108 Å². The van der Waals surface area contributed by atoms with Gasteiger partial charge in [0.25, 0.3) is 0 Å². The van der Waals surface area contributed by atoms with E-state index in [4.69, 9.17) is 36.9 Å². The molecule has 0 bridgehead atoms. The molecule has 5 rings (SSSR count). The zero-order chi connectivity index (χ0) is 28.4. The molecule has 0 aliphatic carbocycles. The van der Waals surface area contributed by atoms with E-state index in [-0.39, 0.29) is 16.6 Å². The van der Waals surface area contributed by atoms with Gasteiger partial charge in [-0.15, -0.1) is 0 Å². The second-order valence-electron chi connectivity index (χ2n) is 8.95. The highest BCUT2D eigenvalue weighted by Gasteiger charge is 2.22. The molecule has 0 atom stereocenters. The topological polar surface area (TPSA) is 178 Å². The van der Waals surface area contributed by atoms with E-state index >= 15 is 0 Å². The zero-order valence-electron chi connectivity index (χ0n) is 21.1. The van der Waals surface area contributed by atoms with Crippen molar-refractivity contribution in [2.75, 3.05) is 0 Å². The molecule has 9 nitrogen and oxygen atoms in total. The monoisotopic (exact) mass is 551 g/mol. The predicted molar refractivity (Wildman–Crippen MR) is 156 cm³/mol. The first-order valence-electron chi connectivity index (χ1n) is 12.0. The maximum absolute atomic E-state index is 12.9. The van der Waals surface area contributed by atoms with Crippen molar-refractivity contribution in [2.45, 2.75) is 4.90 Å². The highest BCUT2D eigenvalue weighted by Crippen LogP contribution is 2.42. The molecule has 5 aromatic rings. The van der Waals surface area contributed by atoms with E-state index in [0.29, 0.717) is 50.6 Å². The van der Waals surface area contributed by atoms with Crippen molar-refractivity contribution in [1.29, 1.82) is 10.8 Å². The molecule has 0 aliphatic rings. The van der Waals surface area contributed by atoms with Gasteiger partial charge in [-0.1, -0.05) is 36.4 Å². The van der Waals surface area contributed by atoms with Crippen molar-refractivity contribution < 1.29 is 17.9 Å². The molecule has 0 aliphatic heterocycles. The van der Waals surface area contributed by atoms with Gasteiger partial charge in [0.15, 0.2) is 0 Å². The normalized spacial score (nSPS) is 11.2. The van der Waals surface area contributed by atoms with Crippen LogP contribution in [0, 0.1) is 10.8 Å². The van der Waals surface area contributed by atoms with Gasteiger partial charge in [0.2, 0.25) is 10.0 Å². The van der Waals surface area contributed by atoms with E-state index in [1.54, 1.807) is 84.9 Å². The number of nitrogens with two attached hydrogens (primary N) is 3. The molecular formula is C30H25N5O4S. The smallest absolute Gasteiger partial charge is 0.239 e. The second-order valence-corrected chi connectivity index (χ2v) is 10.4. The fourth-order valence-electron chi connectivity index (χ4n) is 4.30. The molecule has 40 heavy (non-hydrogen) atoms. The number of primary sulfonamides is 1. The standard InChI is InChI=1S/C30H25N5O4S/c31-29(32)19-5-10-21(11-6-19)38-23-14-16-25(27(17-23)39-22-12-7-20(8-13-22)30(33)34)26-15-9-18-3-1-2-4-24(18)28(26)40(35,36)37/h1-17H,(H3,31,32)(H3,33,34)(H2,35,36,37). The lowest BCUT2D eigenvalue weighted by atomic mass is 10.00. The number of fused-ring (bicyclic) bond motifs is 1. The van der Waals surface area contributed by atoms with Crippen LogP contribution in [0.5, 0.6) is 23.0 Å². The Labute approximate surface area is 230 Å². The molecule has 0 unspecified atom stereocenters. The number of rotatable bonds is 8. The molecule has 0 fully saturated rings. The summed E-state index contributed by atoms with van der Waals surface area (Å²) in [6.07, 6.45) is 0. The van der Waals surface area contributed by atoms with Crippen LogP contribution in [0.1, 0.15) is 11.1 Å². The number of ether oxygens (including phenoxy) is 2. The number of nitrogens with one attached hydrogen (secondary N) is 2. The van der Waals surface area contributed by atoms with Gasteiger partial charge < -0.3 is 20.9 Å². The minimum Gasteiger partial charge on any atom is -0.457 e. The minimum absolute atomic E-state index is 0.0177. The summed E-state index contributed by atoms with van der Waals surface area (Å²) in [4.78, 5) is -0.0177. The van der Waals surface area contributed by atoms with Crippen LogP contribution in [0.3, 0.4) is 0 Å². The Kier molecular flexibility index (Phi) is 6.95. The van der Waals surface area contributed by atoms with Gasteiger partial charge in [-0.3, -0.25) is 10.8 Å². The van der Waals surface area contributed by atoms with Crippen molar-refractivity contribution in [2.24, 2.45) is 16.6 Å². The van der Waals surface area contributed by atoms with E-state index in [9.17, 15) is 8.42 Å². The summed E-state index contributed by atoms with van der Waals surface area (Å²) >= 11 is 0. The molecule has 0 amide bonds. The van der Waals surface area contributed by atoms with Crippen LogP contribution in [0.2, 0.25) is 0 Å². The average molecular weight is 552 g/mol. The molecule has 0 saturated carbocycles. The van der Waals surface area contributed by atoms with Crippen molar-refractivity contribution >= 4 is 32.5 Å². The van der Waals surface area contributed by atoms with Gasteiger partial charge in [-0.2, -0.15) is 0 Å². The molecule has 0 aromatic heterocycles. The summed E-state index contributed by atoms with van der Waals surface area (Å²) in [5.41, 5.74) is 13.1. The Balaban J connectivity index is 1.64. The summed E-state index contributed by atoms with van der Waals surface area (Å²) in [7, 11) is -4.13. The zero-order valence-corrected chi connectivity index (χ0v) is 21.9. The molecule has 0 radical (unpaired) electrons. The van der Waals surface area contributed by atoms with Crippen LogP contribution in [-0.2, 0) is 10.0 Å². The Morgan fingerprint density at radius 2 is 1.15 bits per heavy atom. The number of amidine groups is 2. The third-order valence-electron chi connectivity index (χ3n) is 6.20. The van der Waals surface area contributed by atoms with Crippen LogP contribution in [0.25, 0.3) is 21.9 Å². The van der Waals surface area contributed by atoms with E-state index in [1.807, 2.05) is 18.2 Å². The molecule has 5 aromatic carbocycles. The second kappa shape index (κ2) is 10.5. The Morgan fingerprint density at radius 1 is 0.625 bits per heavy atom. The minimum atomic E-state index is -4.13. The number of hydrogen-bond donors (Lipinski definition) is 5. The molecule has 0 saturated heterocycles. The Bertz CT molecular complexity index is 1870. The molecule has 8 N–H and O–H groups in total. The lowest BCUT2D eigenvalue weighted by Gasteiger charge is -2.17. The largest absolute Gasteiger partial charge is 0.457 e. The summed E-state index contributed by atoms with van der Waals surface area (Å²) in [6, 6.07) is 29.0. The van der Waals surface area contributed by atoms with E-state index in [2.05, 4.69) is 0 Å².